The SMILES string of the molecule is CNC(C=C(C)C)C1CCCc2sccc21. The molecule has 16 heavy (non-hydrogen) atoms. The van der Waals surface area contributed by atoms with Gasteiger partial charge in [-0.25, -0.2) is 0 Å². The molecule has 0 radical (unpaired) electrons. The van der Waals surface area contributed by atoms with Gasteiger partial charge >= 0.3 is 0 Å². The fourth-order valence-electron chi connectivity index (χ4n) is 2.65. The van der Waals surface area contributed by atoms with E-state index in [0.29, 0.717) is 12.0 Å². The van der Waals surface area contributed by atoms with E-state index < -0.39 is 0 Å². The highest BCUT2D eigenvalue weighted by Gasteiger charge is 2.26. The predicted molar refractivity (Wildman–Crippen MR) is 72.3 cm³/mol. The fraction of sp³-hybridized carbons (Fsp3) is 0.571. The van der Waals surface area contributed by atoms with E-state index in [-0.39, 0.29) is 0 Å². The van der Waals surface area contributed by atoms with Crippen molar-refractivity contribution < 1.29 is 0 Å². The van der Waals surface area contributed by atoms with Crippen LogP contribution in [0.25, 0.3) is 0 Å². The number of hydrogen-bond donors (Lipinski definition) is 1. The number of fused-ring (bicyclic) bond motifs is 1. The van der Waals surface area contributed by atoms with Gasteiger partial charge in [0.1, 0.15) is 0 Å². The minimum Gasteiger partial charge on any atom is -0.313 e. The third kappa shape index (κ3) is 2.38. The molecule has 1 aromatic heterocycles. The standard InChI is InChI=1S/C14H21NS/c1-10(2)9-13(15-3)11-5-4-6-14-12(11)7-8-16-14/h7-9,11,13,15H,4-6H2,1-3H3. The van der Waals surface area contributed by atoms with Crippen molar-refractivity contribution in [1.82, 2.24) is 5.32 Å². The second-order valence-electron chi connectivity index (χ2n) is 4.86. The van der Waals surface area contributed by atoms with Crippen molar-refractivity contribution >= 4 is 11.3 Å². The van der Waals surface area contributed by atoms with Gasteiger partial charge in [0.2, 0.25) is 0 Å². The van der Waals surface area contributed by atoms with E-state index in [1.165, 1.54) is 24.8 Å². The molecule has 0 amide bonds. The van der Waals surface area contributed by atoms with Gasteiger partial charge < -0.3 is 5.32 Å². The normalized spacial score (nSPS) is 21.3. The largest absolute Gasteiger partial charge is 0.313 e. The Morgan fingerprint density at radius 2 is 2.38 bits per heavy atom. The molecule has 2 rings (SSSR count). The highest BCUT2D eigenvalue weighted by molar-refractivity contribution is 7.10. The number of likely N-dealkylation sites (N-methyl/N-ethyl adjacent to an activating group) is 1. The second-order valence-corrected chi connectivity index (χ2v) is 5.86. The van der Waals surface area contributed by atoms with Crippen molar-refractivity contribution in [2.45, 2.75) is 45.1 Å². The smallest absolute Gasteiger partial charge is 0.0319 e. The van der Waals surface area contributed by atoms with Gasteiger partial charge in [-0.2, -0.15) is 0 Å². The molecule has 2 heteroatoms. The maximum Gasteiger partial charge on any atom is 0.0319 e. The van der Waals surface area contributed by atoms with Crippen LogP contribution in [0.4, 0.5) is 0 Å². The van der Waals surface area contributed by atoms with Crippen LogP contribution in [-0.4, -0.2) is 13.1 Å². The zero-order valence-corrected chi connectivity index (χ0v) is 11.2. The zero-order valence-electron chi connectivity index (χ0n) is 10.4. The van der Waals surface area contributed by atoms with Crippen molar-refractivity contribution in [2.24, 2.45) is 0 Å². The second kappa shape index (κ2) is 5.15. The molecule has 1 aliphatic carbocycles. The molecule has 0 aliphatic heterocycles. The molecule has 1 aromatic rings. The van der Waals surface area contributed by atoms with Gasteiger partial charge in [-0.05, 0) is 57.2 Å². The van der Waals surface area contributed by atoms with Crippen molar-refractivity contribution in [3.63, 3.8) is 0 Å². The Labute approximate surface area is 103 Å². The summed E-state index contributed by atoms with van der Waals surface area (Å²) in [6.07, 6.45) is 6.32. The fourth-order valence-corrected chi connectivity index (χ4v) is 3.65. The molecule has 0 saturated carbocycles. The summed E-state index contributed by atoms with van der Waals surface area (Å²) in [5, 5.41) is 5.71. The molecule has 0 bridgehead atoms. The summed E-state index contributed by atoms with van der Waals surface area (Å²) in [5.41, 5.74) is 3.00. The first-order chi connectivity index (χ1) is 7.72. The maximum atomic E-state index is 3.46. The summed E-state index contributed by atoms with van der Waals surface area (Å²) >= 11 is 1.93. The first-order valence-electron chi connectivity index (χ1n) is 6.11. The molecule has 1 nitrogen and oxygen atoms in total. The van der Waals surface area contributed by atoms with Crippen LogP contribution in [0.5, 0.6) is 0 Å². The average Bonchev–Trinajstić information content (AvgIpc) is 2.73. The van der Waals surface area contributed by atoms with Gasteiger partial charge in [-0.3, -0.25) is 0 Å². The van der Waals surface area contributed by atoms with Gasteiger partial charge in [-0.1, -0.05) is 11.6 Å². The number of aryl methyl sites for hydroxylation is 1. The van der Waals surface area contributed by atoms with Crippen molar-refractivity contribution in [1.29, 1.82) is 0 Å². The minimum atomic E-state index is 0.499. The van der Waals surface area contributed by atoms with Crippen LogP contribution in [0, 0.1) is 0 Å². The van der Waals surface area contributed by atoms with Crippen molar-refractivity contribution in [3.05, 3.63) is 33.5 Å². The highest BCUT2D eigenvalue weighted by atomic mass is 32.1. The lowest BCUT2D eigenvalue weighted by Crippen LogP contribution is -2.32. The lowest BCUT2D eigenvalue weighted by Gasteiger charge is -2.29. The summed E-state index contributed by atoms with van der Waals surface area (Å²) < 4.78 is 0. The Kier molecular flexibility index (Phi) is 3.82. The minimum absolute atomic E-state index is 0.499. The highest BCUT2D eigenvalue weighted by Crippen LogP contribution is 2.37. The molecule has 88 valence electrons. The van der Waals surface area contributed by atoms with Crippen LogP contribution in [0.2, 0.25) is 0 Å². The number of allylic oxidation sites excluding steroid dienone is 1. The van der Waals surface area contributed by atoms with Crippen LogP contribution in [0.1, 0.15) is 43.0 Å². The first-order valence-corrected chi connectivity index (χ1v) is 6.99. The van der Waals surface area contributed by atoms with Crippen LogP contribution >= 0.6 is 11.3 Å². The molecule has 0 spiro atoms. The Balaban J connectivity index is 2.25. The lowest BCUT2D eigenvalue weighted by atomic mass is 9.82. The monoisotopic (exact) mass is 235 g/mol. The summed E-state index contributed by atoms with van der Waals surface area (Å²) in [6.45, 7) is 4.36. The third-order valence-corrected chi connectivity index (χ3v) is 4.37. The summed E-state index contributed by atoms with van der Waals surface area (Å²) in [4.78, 5) is 1.61. The topological polar surface area (TPSA) is 12.0 Å². The van der Waals surface area contributed by atoms with Crippen molar-refractivity contribution in [3.8, 4) is 0 Å². The van der Waals surface area contributed by atoms with E-state index in [4.69, 9.17) is 0 Å². The Morgan fingerprint density at radius 1 is 1.56 bits per heavy atom. The van der Waals surface area contributed by atoms with E-state index in [2.05, 4.69) is 43.7 Å². The number of nitrogens with one attached hydrogen (secondary N) is 1. The first kappa shape index (κ1) is 11.9. The number of hydrogen-bond acceptors (Lipinski definition) is 2. The van der Waals surface area contributed by atoms with E-state index in [9.17, 15) is 0 Å². The van der Waals surface area contributed by atoms with Crippen LogP contribution < -0.4 is 5.32 Å². The molecule has 1 aliphatic rings. The van der Waals surface area contributed by atoms with Gasteiger partial charge in [0, 0.05) is 16.8 Å². The van der Waals surface area contributed by atoms with Crippen LogP contribution in [0.15, 0.2) is 23.1 Å². The summed E-state index contributed by atoms with van der Waals surface area (Å²) in [6, 6.07) is 2.83. The van der Waals surface area contributed by atoms with Gasteiger partial charge in [0.15, 0.2) is 0 Å². The van der Waals surface area contributed by atoms with Crippen LogP contribution in [0.3, 0.4) is 0 Å². The molecular formula is C14H21NS. The Hall–Kier alpha value is -0.600. The van der Waals surface area contributed by atoms with Crippen molar-refractivity contribution in [2.75, 3.05) is 7.05 Å². The average molecular weight is 235 g/mol. The molecule has 2 atom stereocenters. The van der Waals surface area contributed by atoms with Gasteiger partial charge in [0.25, 0.3) is 0 Å². The molecular weight excluding hydrogens is 214 g/mol. The van der Waals surface area contributed by atoms with Gasteiger partial charge in [0.05, 0.1) is 0 Å². The van der Waals surface area contributed by atoms with E-state index in [1.807, 2.05) is 11.3 Å². The van der Waals surface area contributed by atoms with E-state index >= 15 is 0 Å². The number of thiophene rings is 1. The molecule has 2 unspecified atom stereocenters. The van der Waals surface area contributed by atoms with E-state index in [0.717, 1.165) is 0 Å². The molecule has 0 fully saturated rings. The maximum absolute atomic E-state index is 3.46. The molecule has 1 N–H and O–H groups in total. The molecule has 0 saturated heterocycles. The third-order valence-electron chi connectivity index (χ3n) is 3.38. The summed E-state index contributed by atoms with van der Waals surface area (Å²) in [5.74, 6) is 0.676. The number of rotatable bonds is 3. The van der Waals surface area contributed by atoms with Gasteiger partial charge in [-0.15, -0.1) is 11.3 Å². The Bertz CT molecular complexity index is 374. The predicted octanol–water partition coefficient (Wildman–Crippen LogP) is 3.72. The van der Waals surface area contributed by atoms with E-state index in [1.54, 1.807) is 10.4 Å². The molecule has 0 aromatic carbocycles. The zero-order chi connectivity index (χ0) is 11.5. The lowest BCUT2D eigenvalue weighted by molar-refractivity contribution is 0.469. The summed E-state index contributed by atoms with van der Waals surface area (Å²) in [7, 11) is 2.07. The molecule has 1 heterocycles. The quantitative estimate of drug-likeness (QED) is 0.787. The van der Waals surface area contributed by atoms with Crippen LogP contribution in [-0.2, 0) is 6.42 Å². The Morgan fingerprint density at radius 3 is 3.06 bits per heavy atom.